The number of hydrogen-bond acceptors (Lipinski definition) is 5. The van der Waals surface area contributed by atoms with Gasteiger partial charge in [-0.3, -0.25) is 4.90 Å². The molecule has 1 aliphatic heterocycles. The zero-order valence-electron chi connectivity index (χ0n) is 8.60. The van der Waals surface area contributed by atoms with Crippen LogP contribution in [-0.4, -0.2) is 66.6 Å². The zero-order chi connectivity index (χ0) is 11.5. The van der Waals surface area contributed by atoms with Crippen LogP contribution in [0.2, 0.25) is 0 Å². The summed E-state index contributed by atoms with van der Waals surface area (Å²) in [6, 6.07) is 0. The smallest absolute Gasteiger partial charge is 0.164 e. The molecule has 0 aromatic rings. The summed E-state index contributed by atoms with van der Waals surface area (Å²) in [7, 11) is -3.08. The van der Waals surface area contributed by atoms with Crippen molar-refractivity contribution in [3.63, 3.8) is 0 Å². The van der Waals surface area contributed by atoms with Crippen LogP contribution in [-0.2, 0) is 9.84 Å². The molecule has 1 heterocycles. The van der Waals surface area contributed by atoms with E-state index in [0.717, 1.165) is 5.75 Å². The molecule has 0 spiro atoms. The Hall–Kier alpha value is 0.510. The molecule has 1 N–H and O–H groups in total. The Bertz CT molecular complexity index is 296. The van der Waals surface area contributed by atoms with Gasteiger partial charge in [0.2, 0.25) is 0 Å². The van der Waals surface area contributed by atoms with Crippen LogP contribution in [0.25, 0.3) is 0 Å². The Kier molecular flexibility index (Phi) is 5.18. The van der Waals surface area contributed by atoms with E-state index in [1.165, 1.54) is 6.26 Å². The maximum Gasteiger partial charge on any atom is 0.164 e. The molecule has 0 radical (unpaired) electrons. The minimum Gasteiger partial charge on any atom is -0.391 e. The number of aliphatic hydroxyl groups is 1. The Balaban J connectivity index is 2.66. The van der Waals surface area contributed by atoms with E-state index in [0.29, 0.717) is 18.8 Å². The summed E-state index contributed by atoms with van der Waals surface area (Å²) in [5, 5.41) is 8.94. The topological polar surface area (TPSA) is 57.6 Å². The lowest BCUT2D eigenvalue weighted by Crippen LogP contribution is -2.49. The van der Waals surface area contributed by atoms with Crippen molar-refractivity contribution in [3.8, 4) is 0 Å². The molecular weight excluding hydrogens is 258 g/mol. The van der Waals surface area contributed by atoms with Gasteiger partial charge in [0, 0.05) is 36.7 Å². The maximum absolute atomic E-state index is 11.5. The van der Waals surface area contributed by atoms with Crippen LogP contribution < -0.4 is 0 Å². The van der Waals surface area contributed by atoms with Gasteiger partial charge in [0.25, 0.3) is 0 Å². The summed E-state index contributed by atoms with van der Waals surface area (Å²) in [5.41, 5.74) is 0. The van der Waals surface area contributed by atoms with Crippen LogP contribution >= 0.6 is 23.4 Å². The number of hydrogen-bond donors (Lipinski definition) is 1. The monoisotopic (exact) mass is 273 g/mol. The normalized spacial score (nSPS) is 26.5. The molecule has 15 heavy (non-hydrogen) atoms. The van der Waals surface area contributed by atoms with Crippen molar-refractivity contribution in [3.05, 3.63) is 0 Å². The van der Waals surface area contributed by atoms with Crippen LogP contribution in [0.15, 0.2) is 0 Å². The average Bonchev–Trinajstić information content (AvgIpc) is 2.17. The molecular formula is C8H16ClNO3S2. The molecule has 2 atom stereocenters. The van der Waals surface area contributed by atoms with E-state index in [-0.39, 0.29) is 5.88 Å². The molecule has 90 valence electrons. The van der Waals surface area contributed by atoms with E-state index >= 15 is 0 Å². The molecule has 0 bridgehead atoms. The van der Waals surface area contributed by atoms with E-state index in [1.54, 1.807) is 16.7 Å². The van der Waals surface area contributed by atoms with E-state index in [1.807, 2.05) is 0 Å². The standard InChI is InChI=1S/C8H16ClNO3S2/c1-15(12,13)8-6-14-3-2-10(8)5-7(11)4-9/h7-8,11H,2-6H2,1H3. The van der Waals surface area contributed by atoms with Crippen molar-refractivity contribution in [2.45, 2.75) is 11.5 Å². The van der Waals surface area contributed by atoms with Crippen LogP contribution in [0.5, 0.6) is 0 Å². The predicted octanol–water partition coefficient (Wildman–Crippen LogP) is 0.00560. The summed E-state index contributed by atoms with van der Waals surface area (Å²) in [6.07, 6.45) is 0.586. The van der Waals surface area contributed by atoms with Gasteiger partial charge in [0.1, 0.15) is 5.37 Å². The minimum absolute atomic E-state index is 0.139. The summed E-state index contributed by atoms with van der Waals surface area (Å²) in [6.45, 7) is 1.03. The molecule has 1 saturated heterocycles. The molecule has 1 fully saturated rings. The lowest BCUT2D eigenvalue weighted by atomic mass is 10.3. The molecule has 2 unspecified atom stereocenters. The van der Waals surface area contributed by atoms with E-state index in [2.05, 4.69) is 0 Å². The van der Waals surface area contributed by atoms with Gasteiger partial charge < -0.3 is 5.11 Å². The van der Waals surface area contributed by atoms with Crippen molar-refractivity contribution in [2.24, 2.45) is 0 Å². The van der Waals surface area contributed by atoms with Crippen LogP contribution in [0.4, 0.5) is 0 Å². The zero-order valence-corrected chi connectivity index (χ0v) is 11.0. The van der Waals surface area contributed by atoms with Gasteiger partial charge in [-0.15, -0.1) is 11.6 Å². The predicted molar refractivity (Wildman–Crippen MR) is 64.3 cm³/mol. The highest BCUT2D eigenvalue weighted by molar-refractivity contribution is 8.00. The molecule has 0 saturated carbocycles. The number of thioether (sulfide) groups is 1. The molecule has 1 aliphatic rings. The fraction of sp³-hybridized carbons (Fsp3) is 1.00. The fourth-order valence-electron chi connectivity index (χ4n) is 1.54. The third-order valence-corrected chi connectivity index (χ3v) is 5.35. The molecule has 0 aliphatic carbocycles. The van der Waals surface area contributed by atoms with Crippen molar-refractivity contribution in [1.29, 1.82) is 0 Å². The number of alkyl halides is 1. The Morgan fingerprint density at radius 2 is 2.33 bits per heavy atom. The molecule has 1 rings (SSSR count). The highest BCUT2D eigenvalue weighted by atomic mass is 35.5. The molecule has 7 heteroatoms. The van der Waals surface area contributed by atoms with Crippen molar-refractivity contribution >= 4 is 33.2 Å². The summed E-state index contributed by atoms with van der Waals surface area (Å²) < 4.78 is 23.0. The Labute approximate surface area is 99.9 Å². The number of nitrogens with zero attached hydrogens (tertiary/aromatic N) is 1. The largest absolute Gasteiger partial charge is 0.391 e. The third kappa shape index (κ3) is 4.11. The number of β-amino-alcohol motifs (C(OH)–C–C–N with tert-alkyl or cyclic N) is 1. The summed E-state index contributed by atoms with van der Waals surface area (Å²) in [5.74, 6) is 1.62. The van der Waals surface area contributed by atoms with Gasteiger partial charge in [0.15, 0.2) is 9.84 Å². The van der Waals surface area contributed by atoms with Gasteiger partial charge >= 0.3 is 0 Å². The van der Waals surface area contributed by atoms with Crippen molar-refractivity contribution in [2.75, 3.05) is 36.7 Å². The Morgan fingerprint density at radius 3 is 2.87 bits per heavy atom. The third-order valence-electron chi connectivity index (χ3n) is 2.31. The van der Waals surface area contributed by atoms with Gasteiger partial charge in [-0.1, -0.05) is 0 Å². The molecule has 0 aromatic carbocycles. The molecule has 4 nitrogen and oxygen atoms in total. The second-order valence-electron chi connectivity index (χ2n) is 3.66. The first-order valence-corrected chi connectivity index (χ1v) is 8.34. The van der Waals surface area contributed by atoms with Crippen LogP contribution in [0.3, 0.4) is 0 Å². The second kappa shape index (κ2) is 5.72. The number of aliphatic hydroxyl groups excluding tert-OH is 1. The highest BCUT2D eigenvalue weighted by Gasteiger charge is 2.31. The molecule has 0 aromatic heterocycles. The number of rotatable bonds is 4. The average molecular weight is 274 g/mol. The first kappa shape index (κ1) is 13.6. The fourth-order valence-corrected chi connectivity index (χ4v) is 4.59. The van der Waals surface area contributed by atoms with E-state index < -0.39 is 21.3 Å². The first-order chi connectivity index (χ1) is 6.95. The Morgan fingerprint density at radius 1 is 1.67 bits per heavy atom. The summed E-state index contributed by atoms with van der Waals surface area (Å²) in [4.78, 5) is 1.80. The van der Waals surface area contributed by atoms with E-state index in [9.17, 15) is 13.5 Å². The minimum atomic E-state index is -3.08. The van der Waals surface area contributed by atoms with Gasteiger partial charge in [-0.25, -0.2) is 8.42 Å². The first-order valence-electron chi connectivity index (χ1n) is 4.70. The number of halogens is 1. The lowest BCUT2D eigenvalue weighted by Gasteiger charge is -2.34. The SMILES string of the molecule is CS(=O)(=O)C1CSCCN1CC(O)CCl. The van der Waals surface area contributed by atoms with Gasteiger partial charge in [-0.2, -0.15) is 11.8 Å². The van der Waals surface area contributed by atoms with Crippen molar-refractivity contribution < 1.29 is 13.5 Å². The van der Waals surface area contributed by atoms with Gasteiger partial charge in [0.05, 0.1) is 6.10 Å². The van der Waals surface area contributed by atoms with Crippen LogP contribution in [0.1, 0.15) is 0 Å². The van der Waals surface area contributed by atoms with Crippen LogP contribution in [0, 0.1) is 0 Å². The lowest BCUT2D eigenvalue weighted by molar-refractivity contribution is 0.127. The van der Waals surface area contributed by atoms with Gasteiger partial charge in [-0.05, 0) is 0 Å². The highest BCUT2D eigenvalue weighted by Crippen LogP contribution is 2.20. The van der Waals surface area contributed by atoms with Crippen molar-refractivity contribution in [1.82, 2.24) is 4.90 Å². The number of sulfone groups is 1. The molecule has 0 amide bonds. The summed E-state index contributed by atoms with van der Waals surface area (Å²) >= 11 is 7.13. The second-order valence-corrected chi connectivity index (χ2v) is 7.32. The maximum atomic E-state index is 11.5. The quantitative estimate of drug-likeness (QED) is 0.731. The van der Waals surface area contributed by atoms with E-state index in [4.69, 9.17) is 11.6 Å².